The van der Waals surface area contributed by atoms with E-state index in [0.29, 0.717) is 18.3 Å². The van der Waals surface area contributed by atoms with Crippen molar-refractivity contribution in [3.8, 4) is 11.4 Å². The van der Waals surface area contributed by atoms with Gasteiger partial charge in [0.25, 0.3) is 0 Å². The summed E-state index contributed by atoms with van der Waals surface area (Å²) in [5.74, 6) is 1.05. The average molecular weight is 439 g/mol. The summed E-state index contributed by atoms with van der Waals surface area (Å²) >= 11 is 6.31. The monoisotopic (exact) mass is 438 g/mol. The Morgan fingerprint density at radius 1 is 1.26 bits per heavy atom. The summed E-state index contributed by atoms with van der Waals surface area (Å²) in [4.78, 5) is 21.5. The van der Waals surface area contributed by atoms with Crippen LogP contribution in [0.25, 0.3) is 11.4 Å². The van der Waals surface area contributed by atoms with Crippen LogP contribution in [-0.2, 0) is 17.9 Å². The van der Waals surface area contributed by atoms with Crippen molar-refractivity contribution in [3.05, 3.63) is 70.6 Å². The minimum atomic E-state index is -0.0413. The molecule has 6 nitrogen and oxygen atoms in total. The van der Waals surface area contributed by atoms with Gasteiger partial charge in [0.2, 0.25) is 17.6 Å². The van der Waals surface area contributed by atoms with Gasteiger partial charge in [-0.2, -0.15) is 4.98 Å². The first-order valence-electron chi connectivity index (χ1n) is 10.6. The molecule has 1 aliphatic heterocycles. The second-order valence-corrected chi connectivity index (χ2v) is 8.65. The van der Waals surface area contributed by atoms with Gasteiger partial charge in [-0.05, 0) is 44.0 Å². The lowest BCUT2D eigenvalue weighted by Gasteiger charge is -2.33. The SMILES string of the molecule is Cc1cccc(-c2noc(CN(C)C(=O)[C@@H]3CCCN(Cc4ccccc4Cl)C3)n2)c1. The van der Waals surface area contributed by atoms with E-state index in [4.69, 9.17) is 16.1 Å². The van der Waals surface area contributed by atoms with E-state index in [1.165, 1.54) is 0 Å². The molecule has 0 aliphatic carbocycles. The lowest BCUT2D eigenvalue weighted by Crippen LogP contribution is -2.43. The molecular weight excluding hydrogens is 412 g/mol. The standard InChI is InChI=1S/C24H27ClN4O2/c1-17-7-5-9-18(13-17)23-26-22(31-27-23)16-28(2)24(30)20-10-6-12-29(15-20)14-19-8-3-4-11-21(19)25/h3-5,7-9,11,13,20H,6,10,12,14-16H2,1-2H3/t20-/m1/s1. The minimum absolute atomic E-state index is 0.0413. The maximum Gasteiger partial charge on any atom is 0.246 e. The highest BCUT2D eigenvalue weighted by molar-refractivity contribution is 6.31. The Labute approximate surface area is 187 Å². The Balaban J connectivity index is 1.36. The van der Waals surface area contributed by atoms with Crippen LogP contribution >= 0.6 is 11.6 Å². The topological polar surface area (TPSA) is 62.5 Å². The molecule has 1 fully saturated rings. The second-order valence-electron chi connectivity index (χ2n) is 8.24. The van der Waals surface area contributed by atoms with Crippen LogP contribution in [0.2, 0.25) is 5.02 Å². The largest absolute Gasteiger partial charge is 0.337 e. The number of halogens is 1. The fourth-order valence-corrected chi connectivity index (χ4v) is 4.28. The highest BCUT2D eigenvalue weighted by Gasteiger charge is 2.29. The molecule has 7 heteroatoms. The van der Waals surface area contributed by atoms with Gasteiger partial charge in [0.15, 0.2) is 0 Å². The number of aryl methyl sites for hydroxylation is 1. The van der Waals surface area contributed by atoms with Gasteiger partial charge in [0.1, 0.15) is 0 Å². The average Bonchev–Trinajstić information content (AvgIpc) is 3.23. The van der Waals surface area contributed by atoms with E-state index in [2.05, 4.69) is 15.0 Å². The van der Waals surface area contributed by atoms with Crippen LogP contribution in [0.5, 0.6) is 0 Å². The maximum absolute atomic E-state index is 13.1. The second kappa shape index (κ2) is 9.62. The number of rotatable bonds is 6. The number of likely N-dealkylation sites (tertiary alicyclic amines) is 1. The summed E-state index contributed by atoms with van der Waals surface area (Å²) in [5.41, 5.74) is 3.14. The van der Waals surface area contributed by atoms with E-state index in [0.717, 1.165) is 54.2 Å². The van der Waals surface area contributed by atoms with Crippen molar-refractivity contribution in [2.75, 3.05) is 20.1 Å². The van der Waals surface area contributed by atoms with Crippen molar-refractivity contribution in [2.24, 2.45) is 5.92 Å². The van der Waals surface area contributed by atoms with Crippen LogP contribution in [0.3, 0.4) is 0 Å². The molecule has 4 rings (SSSR count). The zero-order chi connectivity index (χ0) is 21.8. The van der Waals surface area contributed by atoms with Crippen LogP contribution in [0, 0.1) is 12.8 Å². The van der Waals surface area contributed by atoms with Crippen molar-refractivity contribution < 1.29 is 9.32 Å². The molecular formula is C24H27ClN4O2. The number of carbonyl (C=O) groups excluding carboxylic acids is 1. The van der Waals surface area contributed by atoms with Crippen molar-refractivity contribution in [3.63, 3.8) is 0 Å². The van der Waals surface area contributed by atoms with E-state index in [1.54, 1.807) is 11.9 Å². The number of carbonyl (C=O) groups is 1. The van der Waals surface area contributed by atoms with Crippen LogP contribution < -0.4 is 0 Å². The van der Waals surface area contributed by atoms with Gasteiger partial charge in [-0.1, -0.05) is 58.7 Å². The highest BCUT2D eigenvalue weighted by atomic mass is 35.5. The molecule has 2 aromatic carbocycles. The third-order valence-electron chi connectivity index (χ3n) is 5.70. The Bertz CT molecular complexity index is 1050. The maximum atomic E-state index is 13.1. The van der Waals surface area contributed by atoms with E-state index in [9.17, 15) is 4.79 Å². The van der Waals surface area contributed by atoms with Crippen LogP contribution in [0.1, 0.15) is 29.9 Å². The van der Waals surface area contributed by atoms with E-state index >= 15 is 0 Å². The van der Waals surface area contributed by atoms with Gasteiger partial charge in [-0.3, -0.25) is 9.69 Å². The normalized spacial score (nSPS) is 16.9. The summed E-state index contributed by atoms with van der Waals surface area (Å²) < 4.78 is 5.40. The summed E-state index contributed by atoms with van der Waals surface area (Å²) in [7, 11) is 1.80. The summed E-state index contributed by atoms with van der Waals surface area (Å²) in [6.07, 6.45) is 1.88. The molecule has 1 amide bonds. The van der Waals surface area contributed by atoms with Crippen molar-refractivity contribution >= 4 is 17.5 Å². The number of piperidine rings is 1. The highest BCUT2D eigenvalue weighted by Crippen LogP contribution is 2.24. The first kappa shape index (κ1) is 21.5. The van der Waals surface area contributed by atoms with Gasteiger partial charge in [0.05, 0.1) is 12.5 Å². The van der Waals surface area contributed by atoms with Crippen molar-refractivity contribution in [2.45, 2.75) is 32.9 Å². The molecule has 0 N–H and O–H groups in total. The molecule has 0 bridgehead atoms. The lowest BCUT2D eigenvalue weighted by atomic mass is 9.96. The van der Waals surface area contributed by atoms with Crippen LogP contribution in [-0.4, -0.2) is 46.0 Å². The molecule has 162 valence electrons. The molecule has 1 aliphatic rings. The molecule has 0 spiro atoms. The molecule has 2 heterocycles. The Morgan fingerprint density at radius 2 is 2.10 bits per heavy atom. The zero-order valence-electron chi connectivity index (χ0n) is 17.9. The molecule has 1 atom stereocenters. The molecule has 3 aromatic rings. The third-order valence-corrected chi connectivity index (χ3v) is 6.07. The number of nitrogens with zero attached hydrogens (tertiary/aromatic N) is 4. The van der Waals surface area contributed by atoms with Crippen LogP contribution in [0.4, 0.5) is 0 Å². The minimum Gasteiger partial charge on any atom is -0.337 e. The smallest absolute Gasteiger partial charge is 0.246 e. The summed E-state index contributed by atoms with van der Waals surface area (Å²) in [5, 5.41) is 4.85. The van der Waals surface area contributed by atoms with Crippen molar-refractivity contribution in [1.29, 1.82) is 0 Å². The van der Waals surface area contributed by atoms with Gasteiger partial charge in [0, 0.05) is 30.7 Å². The molecule has 0 saturated carbocycles. The van der Waals surface area contributed by atoms with E-state index in [-0.39, 0.29) is 11.8 Å². The summed E-state index contributed by atoms with van der Waals surface area (Å²) in [6.45, 7) is 4.79. The predicted octanol–water partition coefficient (Wildman–Crippen LogP) is 4.57. The number of benzene rings is 2. The third kappa shape index (κ3) is 5.32. The Morgan fingerprint density at radius 3 is 2.90 bits per heavy atom. The molecule has 1 saturated heterocycles. The van der Waals surface area contributed by atoms with Gasteiger partial charge in [-0.15, -0.1) is 0 Å². The van der Waals surface area contributed by atoms with Gasteiger partial charge < -0.3 is 9.42 Å². The fourth-order valence-electron chi connectivity index (χ4n) is 4.08. The van der Waals surface area contributed by atoms with Gasteiger partial charge in [-0.25, -0.2) is 0 Å². The van der Waals surface area contributed by atoms with Crippen molar-refractivity contribution in [1.82, 2.24) is 19.9 Å². The zero-order valence-corrected chi connectivity index (χ0v) is 18.7. The van der Waals surface area contributed by atoms with E-state index < -0.39 is 0 Å². The quantitative estimate of drug-likeness (QED) is 0.564. The molecule has 31 heavy (non-hydrogen) atoms. The fraction of sp³-hybridized carbons (Fsp3) is 0.375. The van der Waals surface area contributed by atoms with Crippen LogP contribution in [0.15, 0.2) is 53.1 Å². The molecule has 1 aromatic heterocycles. The first-order chi connectivity index (χ1) is 15.0. The molecule has 0 unspecified atom stereocenters. The predicted molar refractivity (Wildman–Crippen MR) is 120 cm³/mol. The number of amides is 1. The number of hydrogen-bond donors (Lipinski definition) is 0. The number of hydrogen-bond acceptors (Lipinski definition) is 5. The first-order valence-corrected chi connectivity index (χ1v) is 11.0. The molecule has 0 radical (unpaired) electrons. The Hall–Kier alpha value is -2.70. The Kier molecular flexibility index (Phi) is 6.68. The number of aromatic nitrogens is 2. The lowest BCUT2D eigenvalue weighted by molar-refractivity contribution is -0.137. The van der Waals surface area contributed by atoms with Gasteiger partial charge >= 0.3 is 0 Å². The summed E-state index contributed by atoms with van der Waals surface area (Å²) in [6, 6.07) is 15.8. The van der Waals surface area contributed by atoms with E-state index in [1.807, 2.05) is 55.5 Å².